The molecule has 2 fully saturated rings. The van der Waals surface area contributed by atoms with Crippen LogP contribution < -0.4 is 11.1 Å². The van der Waals surface area contributed by atoms with Gasteiger partial charge in [-0.3, -0.25) is 9.80 Å². The first-order valence-electron chi connectivity index (χ1n) is 31.4. The van der Waals surface area contributed by atoms with Crippen LogP contribution in [0.5, 0.6) is 0 Å². The van der Waals surface area contributed by atoms with E-state index < -0.39 is 39.1 Å². The van der Waals surface area contributed by atoms with E-state index in [2.05, 4.69) is 106 Å². The third kappa shape index (κ3) is 17.2. The molecule has 2 saturated heterocycles. The smallest absolute Gasteiger partial charge is 0.335 e. The maximum atomic E-state index is 12.1. The molecular formula is C71H74N14O10S3. The zero-order valence-electron chi connectivity index (χ0n) is 55.0. The summed E-state index contributed by atoms with van der Waals surface area (Å²) >= 11 is -1.50. The highest BCUT2D eigenvalue weighted by atomic mass is 32.2. The molecule has 0 bridgehead atoms. The van der Waals surface area contributed by atoms with Gasteiger partial charge in [-0.1, -0.05) is 107 Å². The second-order valence-electron chi connectivity index (χ2n) is 24.1. The number of rotatable bonds is 13. The largest absolute Gasteiger partial charge is 0.392 e. The average Bonchev–Trinajstić information content (AvgIpc) is 1.60. The molecule has 0 unspecified atom stereocenters. The third-order valence-corrected chi connectivity index (χ3v) is 17.4. The van der Waals surface area contributed by atoms with E-state index in [4.69, 9.17) is 46.6 Å². The molecule has 14 rings (SSSR count). The molecule has 12 aromatic rings. The number of aryl methyl sites for hydroxylation is 6. The number of piperidine rings is 2. The topological polar surface area (TPSA) is 327 Å². The molecular weight excluding hydrogens is 1310 g/mol. The highest BCUT2D eigenvalue weighted by molar-refractivity contribution is 7.90. The lowest BCUT2D eigenvalue weighted by molar-refractivity contribution is 0.0564. The first kappa shape index (κ1) is 70.8. The van der Waals surface area contributed by atoms with Crippen LogP contribution in [0.3, 0.4) is 0 Å². The number of aliphatic hydroxyl groups is 2. The Balaban J connectivity index is 0.000000168. The van der Waals surface area contributed by atoms with Crippen molar-refractivity contribution in [3.05, 3.63) is 216 Å². The number of nitrogens with zero attached hydrogens (tertiary/aromatic N) is 12. The van der Waals surface area contributed by atoms with Crippen molar-refractivity contribution in [1.82, 2.24) is 59.2 Å². The van der Waals surface area contributed by atoms with E-state index in [-0.39, 0.29) is 23.3 Å². The zero-order chi connectivity index (χ0) is 69.6. The molecule has 0 aliphatic carbocycles. The van der Waals surface area contributed by atoms with Crippen LogP contribution in [-0.2, 0) is 46.1 Å². The number of sulfone groups is 1. The van der Waals surface area contributed by atoms with Crippen LogP contribution in [0.4, 0.5) is 5.95 Å². The minimum Gasteiger partial charge on any atom is -0.392 e. The summed E-state index contributed by atoms with van der Waals surface area (Å²) in [6.07, 6.45) is 9.23. The Bertz CT molecular complexity index is 4830. The molecule has 0 saturated carbocycles. The summed E-state index contributed by atoms with van der Waals surface area (Å²) in [5.41, 5.74) is 21.6. The molecule has 98 heavy (non-hydrogen) atoms. The van der Waals surface area contributed by atoms with Crippen LogP contribution in [0.2, 0.25) is 0 Å². The number of fused-ring (bicyclic) bond motifs is 2. The second-order valence-corrected chi connectivity index (χ2v) is 26.3. The highest BCUT2D eigenvalue weighted by Gasteiger charge is 2.29. The normalized spacial score (nSPS) is 16.3. The van der Waals surface area contributed by atoms with Gasteiger partial charge in [0.15, 0.2) is 0 Å². The summed E-state index contributed by atoms with van der Waals surface area (Å²) in [7, 11) is -3.56. The van der Waals surface area contributed by atoms with Crippen molar-refractivity contribution in [2.24, 2.45) is 5.73 Å². The molecule has 0 amide bonds. The van der Waals surface area contributed by atoms with Gasteiger partial charge in [0.1, 0.15) is 22.8 Å². The van der Waals surface area contributed by atoms with Crippen LogP contribution in [0, 0.1) is 41.5 Å². The molecule has 5 N–H and O–H groups in total. The lowest BCUT2D eigenvalue weighted by Gasteiger charge is -2.36. The summed E-state index contributed by atoms with van der Waals surface area (Å²) in [5, 5.41) is 33.6. The number of benzene rings is 4. The van der Waals surface area contributed by atoms with Gasteiger partial charge in [-0.15, -0.1) is 0 Å². The van der Waals surface area contributed by atoms with Gasteiger partial charge in [0.2, 0.25) is 20.9 Å². The molecule has 24 nitrogen and oxygen atoms in total. The molecule has 4 atom stereocenters. The second kappa shape index (κ2) is 32.4. The number of hydrogen-bond donors (Lipinski definition) is 4. The van der Waals surface area contributed by atoms with Crippen molar-refractivity contribution in [3.8, 4) is 56.4 Å². The van der Waals surface area contributed by atoms with Crippen molar-refractivity contribution in [2.45, 2.75) is 96.9 Å². The number of nitrogens with two attached hydrogens (primary N) is 1. The Morgan fingerprint density at radius 1 is 0.541 bits per heavy atom. The van der Waals surface area contributed by atoms with Crippen molar-refractivity contribution < 1.29 is 44.5 Å². The SMILES string of the molecule is Cc1cnc(N[C@H]2C[C@@H](O)CN(Cc3ccccc3)C2)nc1-c1cn(-c2ccccc2)c2nc(-c3c(C)noc3C)ccc12.Cc1cnc(S(C)(=O)=O)nc1-c1cn(-c2ccccc2)c2nc(-c3c(C)noc3C)ccc12.N[C@H]1C[C@@H](O)CN(Cc2ccccc2)C1.O=S=O.O=S=O. The molecule has 0 radical (unpaired) electrons. The average molecular weight is 1380 g/mol. The van der Waals surface area contributed by atoms with Crippen molar-refractivity contribution >= 4 is 61.0 Å². The fourth-order valence-electron chi connectivity index (χ4n) is 12.4. The number of hydrogen-bond acceptors (Lipinski definition) is 22. The molecule has 27 heteroatoms. The van der Waals surface area contributed by atoms with Gasteiger partial charge in [-0.2, -0.15) is 16.8 Å². The predicted molar refractivity (Wildman–Crippen MR) is 375 cm³/mol. The van der Waals surface area contributed by atoms with Crippen LogP contribution >= 0.6 is 0 Å². The fourth-order valence-corrected chi connectivity index (χ4v) is 12.9. The van der Waals surface area contributed by atoms with Crippen LogP contribution in [0.15, 0.2) is 185 Å². The van der Waals surface area contributed by atoms with E-state index in [1.165, 1.54) is 17.3 Å². The first-order chi connectivity index (χ1) is 47.2. The van der Waals surface area contributed by atoms with Crippen molar-refractivity contribution in [1.29, 1.82) is 0 Å². The first-order valence-corrected chi connectivity index (χ1v) is 34.6. The summed E-state index contributed by atoms with van der Waals surface area (Å²) in [6.45, 7) is 16.2. The van der Waals surface area contributed by atoms with Crippen LogP contribution in [0.1, 0.15) is 58.0 Å². The summed E-state index contributed by atoms with van der Waals surface area (Å²) in [4.78, 5) is 32.7. The Morgan fingerprint density at radius 3 is 1.39 bits per heavy atom. The van der Waals surface area contributed by atoms with E-state index in [1.807, 2.05) is 149 Å². The monoisotopic (exact) mass is 1380 g/mol. The number of nitrogens with one attached hydrogen (secondary N) is 1. The third-order valence-electron chi connectivity index (χ3n) is 16.6. The minimum absolute atomic E-state index is 0.0166. The Kier molecular flexibility index (Phi) is 23.4. The molecule has 506 valence electrons. The van der Waals surface area contributed by atoms with Gasteiger partial charge in [-0.25, -0.2) is 38.3 Å². The maximum absolute atomic E-state index is 12.1. The van der Waals surface area contributed by atoms with E-state index in [9.17, 15) is 18.6 Å². The molecule has 2 aliphatic heterocycles. The molecule has 4 aromatic carbocycles. The van der Waals surface area contributed by atoms with Gasteiger partial charge in [-0.05, 0) is 125 Å². The van der Waals surface area contributed by atoms with Gasteiger partial charge in [0.05, 0.1) is 57.5 Å². The number of pyridine rings is 2. The standard InChI is InChI=1S/C35H35N7O2.C24H21N5O3S.C12H18N2O.2O2S/c1-22-17-36-35(37-26-16-28(43)20-41(19-26)18-25-10-6-4-7-11-25)39-33(22)30-21-42(27-12-8-5-9-13-27)34-29(30)14-15-31(38-34)32-23(2)40-44-24(32)3;1-14-12-25-24(33(4,30)31)27-22(14)19-13-29(17-8-6-5-7-9-17)23-18(19)10-11-20(26-23)21-15(2)28-32-16(21)3;13-11-6-12(15)9-14(8-11)7-10-4-2-1-3-5-10;2*1-3-2/h4-15,17,21,26,28,43H,16,18-20H2,1-3H3,(H,36,37,39);5-13H,1-4H3;1-5,11-12,15H,6-9,13H2;;/t26-,28+;;11-,12+;;/m0.0../s1. The summed E-state index contributed by atoms with van der Waals surface area (Å²) < 4.78 is 72.2. The number of β-amino-alcohol motifs (C(OH)–C–C–N with tert-alkyl or cyclic N) is 2. The molecule has 8 aromatic heterocycles. The minimum atomic E-state index is -3.56. The van der Waals surface area contributed by atoms with Crippen molar-refractivity contribution in [2.75, 3.05) is 37.8 Å². The number of para-hydroxylation sites is 2. The number of anilines is 1. The van der Waals surface area contributed by atoms with Crippen LogP contribution in [0.25, 0.3) is 78.5 Å². The summed E-state index contributed by atoms with van der Waals surface area (Å²) in [5.74, 6) is 1.98. The summed E-state index contributed by atoms with van der Waals surface area (Å²) in [6, 6.07) is 48.8. The Labute approximate surface area is 573 Å². The van der Waals surface area contributed by atoms with Gasteiger partial charge in [0, 0.05) is 116 Å². The fraction of sp³-hybridized carbons (Fsp3) is 0.268. The lowest BCUT2D eigenvalue weighted by Crippen LogP contribution is -2.48. The molecule has 10 heterocycles. The number of aromatic nitrogens is 10. The van der Waals surface area contributed by atoms with E-state index >= 15 is 0 Å². The Morgan fingerprint density at radius 2 is 0.959 bits per heavy atom. The maximum Gasteiger partial charge on any atom is 0.335 e. The quantitative estimate of drug-likeness (QED) is 0.0780. The number of aliphatic hydroxyl groups excluding tert-OH is 2. The zero-order valence-corrected chi connectivity index (χ0v) is 57.4. The van der Waals surface area contributed by atoms with Gasteiger partial charge < -0.3 is 39.4 Å². The number of likely N-dealkylation sites (tertiary alicyclic amines) is 2. The van der Waals surface area contributed by atoms with Crippen molar-refractivity contribution in [3.63, 3.8) is 0 Å². The molecule has 0 spiro atoms. The van der Waals surface area contributed by atoms with E-state index in [0.29, 0.717) is 36.0 Å². The van der Waals surface area contributed by atoms with Crippen LogP contribution in [-0.4, -0.2) is 151 Å². The van der Waals surface area contributed by atoms with Gasteiger partial charge in [0.25, 0.3) is 0 Å². The van der Waals surface area contributed by atoms with E-state index in [0.717, 1.165) is 141 Å². The Hall–Kier alpha value is -9.97. The van der Waals surface area contributed by atoms with Gasteiger partial charge >= 0.3 is 23.1 Å². The van der Waals surface area contributed by atoms with E-state index in [1.54, 1.807) is 0 Å². The lowest BCUT2D eigenvalue weighted by atomic mass is 10.0. The molecule has 2 aliphatic rings. The highest BCUT2D eigenvalue weighted by Crippen LogP contribution is 2.38. The predicted octanol–water partition coefficient (Wildman–Crippen LogP) is 9.82.